The number of hydrogen-bond donors (Lipinski definition) is 0. The molecule has 0 bridgehead atoms. The van der Waals surface area contributed by atoms with E-state index in [0.29, 0.717) is 19.4 Å². The van der Waals surface area contributed by atoms with Gasteiger partial charge < -0.3 is 9.47 Å². The molecule has 1 aliphatic heterocycles. The van der Waals surface area contributed by atoms with Gasteiger partial charge in [0.2, 0.25) is 0 Å². The van der Waals surface area contributed by atoms with Crippen LogP contribution in [-0.2, 0) is 25.5 Å². The zero-order valence-electron chi connectivity index (χ0n) is 16.5. The lowest BCUT2D eigenvalue weighted by atomic mass is 10.0. The van der Waals surface area contributed by atoms with Crippen LogP contribution in [0.5, 0.6) is 0 Å². The minimum Gasteiger partial charge on any atom is -0.465 e. The van der Waals surface area contributed by atoms with Crippen molar-refractivity contribution in [3.8, 4) is 10.6 Å². The van der Waals surface area contributed by atoms with Crippen molar-refractivity contribution in [3.05, 3.63) is 41.4 Å². The minimum absolute atomic E-state index is 0.107. The van der Waals surface area contributed by atoms with Crippen LogP contribution in [0.4, 0.5) is 0 Å². The number of aromatic nitrogens is 1. The average Bonchev–Trinajstić information content (AvgIpc) is 3.28. The molecule has 1 fully saturated rings. The summed E-state index contributed by atoms with van der Waals surface area (Å²) >= 11 is 1.55. The third kappa shape index (κ3) is 4.77. The summed E-state index contributed by atoms with van der Waals surface area (Å²) in [5.41, 5.74) is 1.87. The maximum atomic E-state index is 12.5. The predicted molar refractivity (Wildman–Crippen MR) is 108 cm³/mol. The van der Waals surface area contributed by atoms with Crippen molar-refractivity contribution in [2.45, 2.75) is 45.7 Å². The zero-order chi connectivity index (χ0) is 20.1. The highest BCUT2D eigenvalue weighted by molar-refractivity contribution is 7.13. The molecule has 0 spiro atoms. The van der Waals surface area contributed by atoms with Gasteiger partial charge in [0.15, 0.2) is 0 Å². The van der Waals surface area contributed by atoms with Gasteiger partial charge >= 0.3 is 11.9 Å². The highest BCUT2D eigenvalue weighted by Crippen LogP contribution is 2.27. The van der Waals surface area contributed by atoms with Crippen molar-refractivity contribution in [2.75, 3.05) is 13.3 Å². The number of rotatable bonds is 8. The fraction of sp³-hybridized carbons (Fsp3) is 0.476. The van der Waals surface area contributed by atoms with Crippen LogP contribution in [0.15, 0.2) is 35.7 Å². The molecule has 0 amide bonds. The maximum Gasteiger partial charge on any atom is 0.325 e. The van der Waals surface area contributed by atoms with Gasteiger partial charge in [-0.25, -0.2) is 9.88 Å². The molecule has 0 unspecified atom stereocenters. The van der Waals surface area contributed by atoms with E-state index in [1.165, 1.54) is 0 Å². The van der Waals surface area contributed by atoms with Crippen LogP contribution in [0.1, 0.15) is 32.9 Å². The molecular weight excluding hydrogens is 376 g/mol. The van der Waals surface area contributed by atoms with E-state index < -0.39 is 12.1 Å². The Labute approximate surface area is 169 Å². The second kappa shape index (κ2) is 9.30. The molecule has 2 atom stereocenters. The molecule has 7 heteroatoms. The van der Waals surface area contributed by atoms with Crippen LogP contribution in [-0.4, -0.2) is 47.2 Å². The van der Waals surface area contributed by atoms with Crippen LogP contribution in [0.2, 0.25) is 0 Å². The van der Waals surface area contributed by atoms with Crippen molar-refractivity contribution in [1.82, 2.24) is 9.88 Å². The Morgan fingerprint density at radius 1 is 1.36 bits per heavy atom. The number of esters is 2. The van der Waals surface area contributed by atoms with Gasteiger partial charge in [0.05, 0.1) is 12.3 Å². The molecule has 6 nitrogen and oxygen atoms in total. The van der Waals surface area contributed by atoms with E-state index in [9.17, 15) is 9.59 Å². The van der Waals surface area contributed by atoms with E-state index in [1.54, 1.807) is 18.3 Å². The number of hydrogen-bond acceptors (Lipinski definition) is 7. The third-order valence-corrected chi connectivity index (χ3v) is 5.60. The van der Waals surface area contributed by atoms with E-state index >= 15 is 0 Å². The second-order valence-electron chi connectivity index (χ2n) is 7.23. The first-order chi connectivity index (χ1) is 13.5. The topological polar surface area (TPSA) is 68.7 Å². The first kappa shape index (κ1) is 20.5. The highest BCUT2D eigenvalue weighted by Gasteiger charge is 2.42. The first-order valence-electron chi connectivity index (χ1n) is 9.58. The van der Waals surface area contributed by atoms with E-state index in [-0.39, 0.29) is 24.6 Å². The lowest BCUT2D eigenvalue weighted by Gasteiger charge is -2.28. The van der Waals surface area contributed by atoms with Crippen molar-refractivity contribution in [1.29, 1.82) is 0 Å². The van der Waals surface area contributed by atoms with Gasteiger partial charge in [-0.15, -0.1) is 11.3 Å². The minimum atomic E-state index is -0.529. The Kier molecular flexibility index (Phi) is 6.80. The van der Waals surface area contributed by atoms with Gasteiger partial charge in [0.1, 0.15) is 23.8 Å². The summed E-state index contributed by atoms with van der Waals surface area (Å²) in [6, 6.07) is 8.91. The van der Waals surface area contributed by atoms with Crippen LogP contribution < -0.4 is 0 Å². The summed E-state index contributed by atoms with van der Waals surface area (Å²) in [6.45, 7) is 6.30. The molecule has 0 saturated carbocycles. The number of carbonyl (C=O) groups excluding carboxylic acids is 2. The Hall–Kier alpha value is -2.25. The van der Waals surface area contributed by atoms with E-state index in [1.807, 2.05) is 54.5 Å². The van der Waals surface area contributed by atoms with E-state index in [2.05, 4.69) is 4.98 Å². The number of benzene rings is 1. The molecule has 1 aromatic heterocycles. The molecule has 0 aliphatic carbocycles. The SMILES string of the molecule is CCOC(=O)[C@H](CC(C)C)N1COC(=O)[C@@H]1Cc1csc(-c2ccccc2)n1. The molecule has 0 radical (unpaired) electrons. The number of thiazole rings is 1. The van der Waals surface area contributed by atoms with Crippen molar-refractivity contribution in [2.24, 2.45) is 5.92 Å². The summed E-state index contributed by atoms with van der Waals surface area (Å²) in [5.74, 6) is -0.329. The number of carbonyl (C=O) groups is 2. The number of cyclic esters (lactones) is 1. The molecule has 1 saturated heterocycles. The van der Waals surface area contributed by atoms with Gasteiger partial charge in [-0.2, -0.15) is 0 Å². The summed E-state index contributed by atoms with van der Waals surface area (Å²) in [5, 5.41) is 2.88. The third-order valence-electron chi connectivity index (χ3n) is 4.66. The maximum absolute atomic E-state index is 12.5. The molecule has 1 aliphatic rings. The lowest BCUT2D eigenvalue weighted by Crippen LogP contribution is -2.48. The van der Waals surface area contributed by atoms with Crippen LogP contribution in [0.3, 0.4) is 0 Å². The number of nitrogens with zero attached hydrogens (tertiary/aromatic N) is 2. The van der Waals surface area contributed by atoms with Gasteiger partial charge in [-0.3, -0.25) is 9.59 Å². The molecule has 2 heterocycles. The molecule has 3 rings (SSSR count). The van der Waals surface area contributed by atoms with Gasteiger partial charge in [-0.05, 0) is 19.3 Å². The molecule has 150 valence electrons. The summed E-state index contributed by atoms with van der Waals surface area (Å²) in [7, 11) is 0. The molecular formula is C21H26N2O4S. The summed E-state index contributed by atoms with van der Waals surface area (Å²) < 4.78 is 10.5. The Morgan fingerprint density at radius 2 is 2.11 bits per heavy atom. The van der Waals surface area contributed by atoms with Gasteiger partial charge in [-0.1, -0.05) is 44.2 Å². The van der Waals surface area contributed by atoms with Gasteiger partial charge in [0, 0.05) is 17.4 Å². The molecule has 2 aromatic rings. The molecule has 1 aromatic carbocycles. The Balaban J connectivity index is 1.78. The van der Waals surface area contributed by atoms with Crippen LogP contribution in [0.25, 0.3) is 10.6 Å². The summed E-state index contributed by atoms with van der Waals surface area (Å²) in [4.78, 5) is 31.4. The normalized spacial score (nSPS) is 18.3. The smallest absolute Gasteiger partial charge is 0.325 e. The average molecular weight is 403 g/mol. The first-order valence-corrected chi connectivity index (χ1v) is 10.5. The number of ether oxygens (including phenoxy) is 2. The predicted octanol–water partition coefficient (Wildman–Crippen LogP) is 3.52. The van der Waals surface area contributed by atoms with Crippen molar-refractivity contribution < 1.29 is 19.1 Å². The molecule has 0 N–H and O–H groups in total. The van der Waals surface area contributed by atoms with E-state index in [0.717, 1.165) is 16.3 Å². The molecule has 28 heavy (non-hydrogen) atoms. The standard InChI is InChI=1S/C21H26N2O4S/c1-4-26-20(24)17(10-14(2)3)23-13-27-21(25)18(23)11-16-12-28-19(22-16)15-8-6-5-7-9-15/h5-9,12,14,17-18H,4,10-11,13H2,1-3H3/t17-,18-/m0/s1. The monoisotopic (exact) mass is 402 g/mol. The van der Waals surface area contributed by atoms with Gasteiger partial charge in [0.25, 0.3) is 0 Å². The fourth-order valence-electron chi connectivity index (χ4n) is 3.33. The van der Waals surface area contributed by atoms with Crippen molar-refractivity contribution >= 4 is 23.3 Å². The van der Waals surface area contributed by atoms with E-state index in [4.69, 9.17) is 9.47 Å². The van der Waals surface area contributed by atoms with Crippen LogP contribution >= 0.6 is 11.3 Å². The lowest BCUT2D eigenvalue weighted by molar-refractivity contribution is -0.151. The van der Waals surface area contributed by atoms with Crippen LogP contribution in [0, 0.1) is 5.92 Å². The largest absolute Gasteiger partial charge is 0.465 e. The Morgan fingerprint density at radius 3 is 2.79 bits per heavy atom. The Bertz CT molecular complexity index is 806. The second-order valence-corrected chi connectivity index (χ2v) is 8.09. The van der Waals surface area contributed by atoms with Crippen molar-refractivity contribution in [3.63, 3.8) is 0 Å². The summed E-state index contributed by atoms with van der Waals surface area (Å²) in [6.07, 6.45) is 1.02. The highest BCUT2D eigenvalue weighted by atomic mass is 32.1. The zero-order valence-corrected chi connectivity index (χ0v) is 17.3. The quantitative estimate of drug-likeness (QED) is 0.630. The fourth-order valence-corrected chi connectivity index (χ4v) is 4.17.